The Bertz CT molecular complexity index is 536. The molecule has 112 valence electrons. The van der Waals surface area contributed by atoms with Crippen LogP contribution in [0.25, 0.3) is 0 Å². The van der Waals surface area contributed by atoms with Crippen LogP contribution in [-0.2, 0) is 0 Å². The van der Waals surface area contributed by atoms with E-state index in [1.165, 1.54) is 12.1 Å². The van der Waals surface area contributed by atoms with Crippen molar-refractivity contribution in [3.63, 3.8) is 0 Å². The molecule has 1 unspecified atom stereocenters. The molecule has 0 radical (unpaired) electrons. The smallest absolute Gasteiger partial charge is 0.335 e. The zero-order valence-electron chi connectivity index (χ0n) is 11.7. The highest BCUT2D eigenvalue weighted by Crippen LogP contribution is 2.27. The van der Waals surface area contributed by atoms with Crippen LogP contribution in [0.4, 0.5) is 10.5 Å². The Morgan fingerprint density at radius 1 is 1.14 bits per heavy atom. The Hall–Kier alpha value is -2.08. The second-order valence-electron chi connectivity index (χ2n) is 5.73. The van der Waals surface area contributed by atoms with Crippen LogP contribution < -0.4 is 10.6 Å². The quantitative estimate of drug-likeness (QED) is 0.789. The lowest BCUT2D eigenvalue weighted by molar-refractivity contribution is 0.0697. The van der Waals surface area contributed by atoms with E-state index >= 15 is 0 Å². The van der Waals surface area contributed by atoms with Crippen molar-refractivity contribution in [2.75, 3.05) is 25.0 Å². The predicted octanol–water partition coefficient (Wildman–Crippen LogP) is 1.60. The number of anilines is 1. The molecule has 1 aromatic rings. The number of hydrogen-bond acceptors (Lipinski definition) is 3. The van der Waals surface area contributed by atoms with Crippen molar-refractivity contribution in [2.24, 2.45) is 5.92 Å². The molecule has 2 bridgehead atoms. The third-order valence-electron chi connectivity index (χ3n) is 4.36. The number of nitrogens with zero attached hydrogens (tertiary/aromatic N) is 1. The van der Waals surface area contributed by atoms with Gasteiger partial charge in [0, 0.05) is 18.3 Å². The number of amides is 2. The van der Waals surface area contributed by atoms with Gasteiger partial charge in [-0.2, -0.15) is 0 Å². The molecule has 1 aromatic carbocycles. The van der Waals surface area contributed by atoms with Crippen molar-refractivity contribution in [1.82, 2.24) is 10.2 Å². The highest BCUT2D eigenvalue weighted by atomic mass is 16.4. The minimum Gasteiger partial charge on any atom is -0.478 e. The summed E-state index contributed by atoms with van der Waals surface area (Å²) in [5.74, 6) is -0.395. The Morgan fingerprint density at radius 2 is 1.81 bits per heavy atom. The van der Waals surface area contributed by atoms with Crippen LogP contribution in [0.1, 0.15) is 23.2 Å². The van der Waals surface area contributed by atoms with Crippen LogP contribution in [0.15, 0.2) is 24.3 Å². The van der Waals surface area contributed by atoms with Crippen molar-refractivity contribution in [3.05, 3.63) is 29.8 Å². The first kappa shape index (κ1) is 13.9. The SMILES string of the molecule is O=C(Nc1ccc(C(=O)O)cc1)NC1CN2CCC1CC2. The number of nitrogens with one attached hydrogen (secondary N) is 2. The number of fused-ring (bicyclic) bond motifs is 3. The highest BCUT2D eigenvalue weighted by molar-refractivity contribution is 5.91. The summed E-state index contributed by atoms with van der Waals surface area (Å²) >= 11 is 0. The molecule has 3 aliphatic heterocycles. The van der Waals surface area contributed by atoms with Gasteiger partial charge >= 0.3 is 12.0 Å². The molecular weight excluding hydrogens is 270 g/mol. The van der Waals surface area contributed by atoms with Gasteiger partial charge in [0.15, 0.2) is 0 Å². The molecular formula is C15H19N3O3. The lowest BCUT2D eigenvalue weighted by Crippen LogP contribution is -2.57. The average molecular weight is 289 g/mol. The zero-order chi connectivity index (χ0) is 14.8. The number of carbonyl (C=O) groups is 2. The standard InChI is InChI=1S/C15H19N3O3/c19-14(20)11-1-3-12(4-2-11)16-15(21)17-13-9-18-7-5-10(13)6-8-18/h1-4,10,13H,5-9H2,(H,19,20)(H2,16,17,21). The summed E-state index contributed by atoms with van der Waals surface area (Å²) < 4.78 is 0. The van der Waals surface area contributed by atoms with E-state index in [0.717, 1.165) is 32.5 Å². The molecule has 3 heterocycles. The first-order chi connectivity index (χ1) is 10.1. The zero-order valence-corrected chi connectivity index (χ0v) is 11.7. The molecule has 0 spiro atoms. The number of urea groups is 1. The maximum atomic E-state index is 12.0. The van der Waals surface area contributed by atoms with Crippen molar-refractivity contribution in [2.45, 2.75) is 18.9 Å². The first-order valence-electron chi connectivity index (χ1n) is 7.25. The number of hydrogen-bond donors (Lipinski definition) is 3. The molecule has 3 saturated heterocycles. The van der Waals surface area contributed by atoms with Gasteiger partial charge in [0.2, 0.25) is 0 Å². The van der Waals surface area contributed by atoms with Crippen LogP contribution in [0.2, 0.25) is 0 Å². The molecule has 6 heteroatoms. The molecule has 0 aliphatic carbocycles. The van der Waals surface area contributed by atoms with Gasteiger partial charge in [0.1, 0.15) is 0 Å². The molecule has 2 amide bonds. The Labute approximate surface area is 123 Å². The molecule has 21 heavy (non-hydrogen) atoms. The minimum absolute atomic E-state index is 0.207. The summed E-state index contributed by atoms with van der Waals surface area (Å²) in [5.41, 5.74) is 0.803. The molecule has 3 fully saturated rings. The first-order valence-corrected chi connectivity index (χ1v) is 7.25. The van der Waals surface area contributed by atoms with E-state index in [0.29, 0.717) is 11.6 Å². The van der Waals surface area contributed by atoms with Crippen molar-refractivity contribution in [1.29, 1.82) is 0 Å². The molecule has 0 aromatic heterocycles. The minimum atomic E-state index is -0.974. The Balaban J connectivity index is 1.55. The van der Waals surface area contributed by atoms with E-state index in [9.17, 15) is 9.59 Å². The Morgan fingerprint density at radius 3 is 2.33 bits per heavy atom. The van der Waals surface area contributed by atoms with E-state index < -0.39 is 5.97 Å². The normalized spacial score (nSPS) is 27.1. The fraction of sp³-hybridized carbons (Fsp3) is 0.467. The number of carbonyl (C=O) groups excluding carboxylic acids is 1. The maximum Gasteiger partial charge on any atom is 0.335 e. The number of benzene rings is 1. The highest BCUT2D eigenvalue weighted by Gasteiger charge is 2.34. The summed E-state index contributed by atoms with van der Waals surface area (Å²) in [6.07, 6.45) is 2.30. The van der Waals surface area contributed by atoms with Crippen molar-refractivity contribution < 1.29 is 14.7 Å². The lowest BCUT2D eigenvalue weighted by atomic mass is 9.84. The molecule has 4 rings (SSSR count). The fourth-order valence-corrected chi connectivity index (χ4v) is 3.16. The molecule has 0 saturated carbocycles. The second kappa shape index (κ2) is 5.73. The largest absolute Gasteiger partial charge is 0.478 e. The summed E-state index contributed by atoms with van der Waals surface area (Å²) in [7, 11) is 0. The predicted molar refractivity (Wildman–Crippen MR) is 78.5 cm³/mol. The van der Waals surface area contributed by atoms with Crippen LogP contribution in [-0.4, -0.2) is 47.7 Å². The topological polar surface area (TPSA) is 81.7 Å². The van der Waals surface area contributed by atoms with Crippen LogP contribution in [0.5, 0.6) is 0 Å². The van der Waals surface area contributed by atoms with Gasteiger partial charge in [-0.3, -0.25) is 0 Å². The maximum absolute atomic E-state index is 12.0. The van der Waals surface area contributed by atoms with Crippen molar-refractivity contribution >= 4 is 17.7 Å². The van der Waals surface area contributed by atoms with E-state index in [2.05, 4.69) is 15.5 Å². The Kier molecular flexibility index (Phi) is 3.79. The van der Waals surface area contributed by atoms with Crippen LogP contribution >= 0.6 is 0 Å². The van der Waals surface area contributed by atoms with Gasteiger partial charge in [0.05, 0.1) is 5.56 Å². The van der Waals surface area contributed by atoms with Gasteiger partial charge in [-0.15, -0.1) is 0 Å². The van der Waals surface area contributed by atoms with Crippen molar-refractivity contribution in [3.8, 4) is 0 Å². The molecule has 6 nitrogen and oxygen atoms in total. The molecule has 3 aliphatic rings. The van der Waals surface area contributed by atoms with Gasteiger partial charge in [-0.25, -0.2) is 9.59 Å². The van der Waals surface area contributed by atoms with Gasteiger partial charge in [-0.1, -0.05) is 0 Å². The monoisotopic (exact) mass is 289 g/mol. The number of piperidine rings is 3. The van der Waals surface area contributed by atoms with E-state index in [-0.39, 0.29) is 17.6 Å². The average Bonchev–Trinajstić information content (AvgIpc) is 2.49. The van der Waals surface area contributed by atoms with Crippen LogP contribution in [0.3, 0.4) is 0 Å². The number of carboxylic acids is 1. The second-order valence-corrected chi connectivity index (χ2v) is 5.73. The summed E-state index contributed by atoms with van der Waals surface area (Å²) in [5, 5.41) is 14.6. The third-order valence-corrected chi connectivity index (χ3v) is 4.36. The summed E-state index contributed by atoms with van der Waals surface area (Å²) in [4.78, 5) is 25.2. The van der Waals surface area contributed by atoms with Gasteiger partial charge in [-0.05, 0) is 56.1 Å². The van der Waals surface area contributed by atoms with Gasteiger partial charge in [0.25, 0.3) is 0 Å². The van der Waals surface area contributed by atoms with E-state index in [1.54, 1.807) is 12.1 Å². The van der Waals surface area contributed by atoms with Gasteiger partial charge < -0.3 is 20.6 Å². The third kappa shape index (κ3) is 3.16. The lowest BCUT2D eigenvalue weighted by Gasteiger charge is -2.44. The summed E-state index contributed by atoms with van der Waals surface area (Å²) in [6, 6.07) is 6.14. The van der Waals surface area contributed by atoms with E-state index in [1.807, 2.05) is 0 Å². The number of carboxylic acid groups (broad SMARTS) is 1. The number of rotatable bonds is 3. The molecule has 1 atom stereocenters. The number of aromatic carboxylic acids is 1. The molecule has 3 N–H and O–H groups in total. The van der Waals surface area contributed by atoms with Crippen LogP contribution in [0, 0.1) is 5.92 Å². The fourth-order valence-electron chi connectivity index (χ4n) is 3.16. The summed E-state index contributed by atoms with van der Waals surface area (Å²) in [6.45, 7) is 3.21. The van der Waals surface area contributed by atoms with E-state index in [4.69, 9.17) is 5.11 Å².